The van der Waals surface area contributed by atoms with Gasteiger partial charge in [-0.1, -0.05) is 53.7 Å². The zero-order chi connectivity index (χ0) is 19.3. The molecule has 0 atom stereocenters. The molecule has 0 saturated carbocycles. The second-order valence-corrected chi connectivity index (χ2v) is 9.85. The second-order valence-electron chi connectivity index (χ2n) is 9.85. The van der Waals surface area contributed by atoms with E-state index in [0.29, 0.717) is 6.04 Å². The third-order valence-electron chi connectivity index (χ3n) is 5.04. The molecular weight excluding hydrogens is 304 g/mol. The van der Waals surface area contributed by atoms with E-state index in [0.717, 1.165) is 0 Å². The molecule has 0 radical (unpaired) electrons. The molecule has 0 aliphatic heterocycles. The Kier molecular flexibility index (Phi) is 4.98. The van der Waals surface area contributed by atoms with Crippen LogP contribution in [0.2, 0.25) is 0 Å². The summed E-state index contributed by atoms with van der Waals surface area (Å²) in [7, 11) is 0. The third-order valence-corrected chi connectivity index (χ3v) is 5.04. The van der Waals surface area contributed by atoms with Crippen molar-refractivity contribution in [2.75, 3.05) is 0 Å². The molecule has 0 aliphatic rings. The Morgan fingerprint density at radius 2 is 1.32 bits per heavy atom. The lowest BCUT2D eigenvalue weighted by atomic mass is 9.80. The molecule has 0 N–H and O–H groups in total. The first-order chi connectivity index (χ1) is 11.2. The van der Waals surface area contributed by atoms with Crippen molar-refractivity contribution in [1.82, 2.24) is 9.78 Å². The maximum absolute atomic E-state index is 5.12. The van der Waals surface area contributed by atoms with Crippen LogP contribution >= 0.6 is 0 Å². The zero-order valence-corrected chi connectivity index (χ0v) is 18.1. The maximum Gasteiger partial charge on any atom is 0.0759 e. The minimum Gasteiger partial charge on any atom is -0.266 e. The summed E-state index contributed by atoms with van der Waals surface area (Å²) in [5.41, 5.74) is 9.31. The van der Waals surface area contributed by atoms with Crippen LogP contribution in [0.25, 0.3) is 11.1 Å². The SMILES string of the molecule is Cc1cc(-c2c(C(C)(C)C)nn(C(C)C)c2C(C)(C)C)cc(C)c1C. The van der Waals surface area contributed by atoms with Crippen LogP contribution in [0.4, 0.5) is 0 Å². The van der Waals surface area contributed by atoms with Gasteiger partial charge in [0.2, 0.25) is 0 Å². The highest BCUT2D eigenvalue weighted by atomic mass is 15.3. The minimum absolute atomic E-state index is 0.00215. The van der Waals surface area contributed by atoms with Gasteiger partial charge in [-0.25, -0.2) is 0 Å². The summed E-state index contributed by atoms with van der Waals surface area (Å²) < 4.78 is 2.25. The molecule has 0 unspecified atom stereocenters. The Morgan fingerprint density at radius 3 is 1.68 bits per heavy atom. The van der Waals surface area contributed by atoms with Gasteiger partial charge in [0.15, 0.2) is 0 Å². The van der Waals surface area contributed by atoms with E-state index in [4.69, 9.17) is 5.10 Å². The van der Waals surface area contributed by atoms with Crippen molar-refractivity contribution in [3.8, 4) is 11.1 Å². The van der Waals surface area contributed by atoms with E-state index >= 15 is 0 Å². The molecule has 25 heavy (non-hydrogen) atoms. The largest absolute Gasteiger partial charge is 0.266 e. The number of aryl methyl sites for hydroxylation is 2. The van der Waals surface area contributed by atoms with Gasteiger partial charge in [-0.3, -0.25) is 4.68 Å². The standard InChI is InChI=1S/C23H36N2/c1-14(2)25-21(23(9,10)11)19(20(24-25)22(6,7)8)18-12-15(3)17(5)16(4)13-18/h12-14H,1-11H3. The van der Waals surface area contributed by atoms with E-state index in [2.05, 4.69) is 93.0 Å². The summed E-state index contributed by atoms with van der Waals surface area (Å²) in [6.07, 6.45) is 0. The molecule has 2 heteroatoms. The molecular formula is C23H36N2. The van der Waals surface area contributed by atoms with Crippen molar-refractivity contribution in [2.24, 2.45) is 0 Å². The van der Waals surface area contributed by atoms with Crippen LogP contribution in [0.15, 0.2) is 12.1 Å². The summed E-state index contributed by atoms with van der Waals surface area (Å²) in [6.45, 7) is 24.8. The average molecular weight is 341 g/mol. The number of aromatic nitrogens is 2. The second kappa shape index (κ2) is 6.30. The Morgan fingerprint density at radius 1 is 0.840 bits per heavy atom. The quantitative estimate of drug-likeness (QED) is 0.598. The van der Waals surface area contributed by atoms with Gasteiger partial charge in [-0.05, 0) is 56.9 Å². The topological polar surface area (TPSA) is 17.8 Å². The van der Waals surface area contributed by atoms with Gasteiger partial charge in [-0.2, -0.15) is 5.10 Å². The van der Waals surface area contributed by atoms with Crippen LogP contribution in [0, 0.1) is 20.8 Å². The highest BCUT2D eigenvalue weighted by Gasteiger charge is 2.33. The van der Waals surface area contributed by atoms with Crippen molar-refractivity contribution >= 4 is 0 Å². The molecule has 0 amide bonds. The summed E-state index contributed by atoms with van der Waals surface area (Å²) in [6, 6.07) is 5.03. The fourth-order valence-electron chi connectivity index (χ4n) is 3.51. The number of hydrogen-bond donors (Lipinski definition) is 0. The van der Waals surface area contributed by atoms with Gasteiger partial charge in [0, 0.05) is 22.4 Å². The number of rotatable bonds is 2. The fraction of sp³-hybridized carbons (Fsp3) is 0.609. The van der Waals surface area contributed by atoms with Crippen LogP contribution in [-0.4, -0.2) is 9.78 Å². The van der Waals surface area contributed by atoms with Crippen molar-refractivity contribution in [3.63, 3.8) is 0 Å². The molecule has 2 nitrogen and oxygen atoms in total. The van der Waals surface area contributed by atoms with E-state index in [1.165, 1.54) is 39.2 Å². The molecule has 0 fully saturated rings. The van der Waals surface area contributed by atoms with Gasteiger partial charge >= 0.3 is 0 Å². The molecule has 0 bridgehead atoms. The lowest BCUT2D eigenvalue weighted by Crippen LogP contribution is -2.20. The molecule has 0 saturated heterocycles. The van der Waals surface area contributed by atoms with Crippen LogP contribution < -0.4 is 0 Å². The molecule has 0 spiro atoms. The molecule has 1 aromatic heterocycles. The molecule has 1 aromatic carbocycles. The predicted molar refractivity (Wildman–Crippen MR) is 110 cm³/mol. The third kappa shape index (κ3) is 3.68. The normalized spacial score (nSPS) is 13.0. The van der Waals surface area contributed by atoms with E-state index in [1.807, 2.05) is 0 Å². The fourth-order valence-corrected chi connectivity index (χ4v) is 3.51. The van der Waals surface area contributed by atoms with Crippen molar-refractivity contribution in [1.29, 1.82) is 0 Å². The number of benzene rings is 1. The molecule has 2 aromatic rings. The van der Waals surface area contributed by atoms with Crippen molar-refractivity contribution < 1.29 is 0 Å². The molecule has 0 aliphatic carbocycles. The van der Waals surface area contributed by atoms with E-state index in [-0.39, 0.29) is 10.8 Å². The van der Waals surface area contributed by atoms with Crippen molar-refractivity contribution in [2.45, 2.75) is 93.0 Å². The minimum atomic E-state index is 0.00215. The summed E-state index contributed by atoms with van der Waals surface area (Å²) in [4.78, 5) is 0. The maximum atomic E-state index is 5.12. The first kappa shape index (κ1) is 19.8. The molecule has 138 valence electrons. The van der Waals surface area contributed by atoms with Gasteiger partial charge in [0.1, 0.15) is 0 Å². The zero-order valence-electron chi connectivity index (χ0n) is 18.1. The van der Waals surface area contributed by atoms with Gasteiger partial charge < -0.3 is 0 Å². The monoisotopic (exact) mass is 340 g/mol. The van der Waals surface area contributed by atoms with Crippen molar-refractivity contribution in [3.05, 3.63) is 40.2 Å². The Bertz CT molecular complexity index is 755. The predicted octanol–water partition coefficient (Wildman–Crippen LogP) is 6.65. The van der Waals surface area contributed by atoms with E-state index in [1.54, 1.807) is 0 Å². The van der Waals surface area contributed by atoms with Crippen LogP contribution in [-0.2, 0) is 10.8 Å². The molecule has 2 rings (SSSR count). The number of nitrogens with zero attached hydrogens (tertiary/aromatic N) is 2. The van der Waals surface area contributed by atoms with Crippen LogP contribution in [0.1, 0.15) is 89.5 Å². The Hall–Kier alpha value is -1.57. The highest BCUT2D eigenvalue weighted by molar-refractivity contribution is 5.73. The number of hydrogen-bond acceptors (Lipinski definition) is 1. The smallest absolute Gasteiger partial charge is 0.0759 e. The van der Waals surface area contributed by atoms with Gasteiger partial charge in [-0.15, -0.1) is 0 Å². The Labute approximate surface area is 154 Å². The summed E-state index contributed by atoms with van der Waals surface area (Å²) in [5, 5.41) is 5.12. The average Bonchev–Trinajstić information content (AvgIpc) is 2.84. The lowest BCUT2D eigenvalue weighted by molar-refractivity contribution is 0.438. The van der Waals surface area contributed by atoms with E-state index < -0.39 is 0 Å². The van der Waals surface area contributed by atoms with Gasteiger partial charge in [0.25, 0.3) is 0 Å². The van der Waals surface area contributed by atoms with Crippen LogP contribution in [0.3, 0.4) is 0 Å². The van der Waals surface area contributed by atoms with Gasteiger partial charge in [0.05, 0.1) is 11.4 Å². The highest BCUT2D eigenvalue weighted by Crippen LogP contribution is 2.42. The van der Waals surface area contributed by atoms with Crippen LogP contribution in [0.5, 0.6) is 0 Å². The molecule has 1 heterocycles. The first-order valence-electron chi connectivity index (χ1n) is 9.46. The Balaban J connectivity index is 2.96. The first-order valence-corrected chi connectivity index (χ1v) is 9.46. The summed E-state index contributed by atoms with van der Waals surface area (Å²) >= 11 is 0. The van der Waals surface area contributed by atoms with E-state index in [9.17, 15) is 0 Å². The summed E-state index contributed by atoms with van der Waals surface area (Å²) in [5.74, 6) is 0. The lowest BCUT2D eigenvalue weighted by Gasteiger charge is -2.25.